The molecule has 11 heteroatoms. The van der Waals surface area contributed by atoms with Gasteiger partial charge in [0.2, 0.25) is 0 Å². The molecule has 1 unspecified atom stereocenters. The van der Waals surface area contributed by atoms with Gasteiger partial charge in [0.15, 0.2) is 6.10 Å². The third-order valence-electron chi connectivity index (χ3n) is 2.28. The lowest BCUT2D eigenvalue weighted by Gasteiger charge is -2.19. The van der Waals surface area contributed by atoms with Crippen molar-refractivity contribution in [2.45, 2.75) is 38.9 Å². The molecule has 0 radical (unpaired) electrons. The van der Waals surface area contributed by atoms with Crippen molar-refractivity contribution in [3.8, 4) is 0 Å². The minimum atomic E-state index is -4.52. The van der Waals surface area contributed by atoms with Crippen molar-refractivity contribution in [2.24, 2.45) is 0 Å². The molecule has 0 saturated heterocycles. The van der Waals surface area contributed by atoms with E-state index in [1.165, 1.54) is 0 Å². The normalized spacial score (nSPS) is 16.2. The fraction of sp³-hybridized carbons (Fsp3) is 0.833. The number of hydrogen-bond acceptors (Lipinski definition) is 9. The molecule has 0 amide bonds. The molecule has 10 nitrogen and oxygen atoms in total. The molecule has 0 fully saturated rings. The van der Waals surface area contributed by atoms with Crippen LogP contribution in [-0.4, -0.2) is 65.7 Å². The Bertz CT molecular complexity index is 413. The van der Waals surface area contributed by atoms with E-state index in [1.54, 1.807) is 6.92 Å². The summed E-state index contributed by atoms with van der Waals surface area (Å²) in [6.07, 6.45) is -1.65. The molecule has 0 aliphatic rings. The maximum absolute atomic E-state index is 11.5. The van der Waals surface area contributed by atoms with Gasteiger partial charge in [0, 0.05) is 13.3 Å². The highest BCUT2D eigenvalue weighted by Crippen LogP contribution is 2.43. The van der Waals surface area contributed by atoms with Gasteiger partial charge in [0.1, 0.15) is 12.7 Å². The number of aliphatic hydroxyl groups excluding tert-OH is 2. The second-order valence-electron chi connectivity index (χ2n) is 4.56. The standard InChI is InChI=1S/C12H23O10P/c1-3-4-12(16)19-7-11(22-9(2)14)8-21-23(17,18)20-6-10(15)5-13/h10-11,13,15H,3-8H2,1-2H3,(H,17,18)/t10-,11+/m0/s1. The zero-order valence-electron chi connectivity index (χ0n) is 13.0. The number of carbonyl (C=O) groups is 2. The molecule has 0 aromatic carbocycles. The number of esters is 2. The van der Waals surface area contributed by atoms with Crippen LogP contribution in [0.2, 0.25) is 0 Å². The number of phosphoric ester groups is 1. The lowest BCUT2D eigenvalue weighted by molar-refractivity contribution is -0.159. The Morgan fingerprint density at radius 1 is 1.17 bits per heavy atom. The number of hydrogen-bond donors (Lipinski definition) is 3. The van der Waals surface area contributed by atoms with E-state index in [4.69, 9.17) is 19.7 Å². The van der Waals surface area contributed by atoms with Crippen LogP contribution < -0.4 is 0 Å². The monoisotopic (exact) mass is 358 g/mol. The summed E-state index contributed by atoms with van der Waals surface area (Å²) in [5.41, 5.74) is 0. The van der Waals surface area contributed by atoms with E-state index >= 15 is 0 Å². The van der Waals surface area contributed by atoms with Crippen LogP contribution in [0.3, 0.4) is 0 Å². The molecule has 3 N–H and O–H groups in total. The van der Waals surface area contributed by atoms with E-state index < -0.39 is 51.8 Å². The molecular weight excluding hydrogens is 335 g/mol. The van der Waals surface area contributed by atoms with E-state index in [2.05, 4.69) is 9.05 Å². The Morgan fingerprint density at radius 3 is 2.30 bits per heavy atom. The molecule has 0 bridgehead atoms. The molecule has 0 aromatic rings. The van der Waals surface area contributed by atoms with Crippen LogP contribution in [0.15, 0.2) is 0 Å². The lowest BCUT2D eigenvalue weighted by Crippen LogP contribution is -2.29. The van der Waals surface area contributed by atoms with E-state index in [9.17, 15) is 19.0 Å². The van der Waals surface area contributed by atoms with Crippen molar-refractivity contribution in [3.63, 3.8) is 0 Å². The number of carbonyl (C=O) groups excluding carboxylic acids is 2. The molecule has 23 heavy (non-hydrogen) atoms. The van der Waals surface area contributed by atoms with Crippen LogP contribution in [0.1, 0.15) is 26.7 Å². The van der Waals surface area contributed by atoms with Crippen molar-refractivity contribution in [1.29, 1.82) is 0 Å². The highest BCUT2D eigenvalue weighted by atomic mass is 31.2. The zero-order chi connectivity index (χ0) is 17.9. The zero-order valence-corrected chi connectivity index (χ0v) is 13.9. The summed E-state index contributed by atoms with van der Waals surface area (Å²) in [6.45, 7) is 0.749. The quantitative estimate of drug-likeness (QED) is 0.315. The third kappa shape index (κ3) is 12.1. The smallest absolute Gasteiger partial charge is 0.462 e. The number of aliphatic hydroxyl groups is 2. The summed E-state index contributed by atoms with van der Waals surface area (Å²) in [7, 11) is -4.52. The van der Waals surface area contributed by atoms with Gasteiger partial charge >= 0.3 is 19.8 Å². The van der Waals surface area contributed by atoms with Crippen molar-refractivity contribution in [1.82, 2.24) is 0 Å². The molecular formula is C12H23O10P. The van der Waals surface area contributed by atoms with Gasteiger partial charge in [-0.05, 0) is 6.42 Å². The van der Waals surface area contributed by atoms with Gasteiger partial charge in [-0.1, -0.05) is 6.92 Å². The van der Waals surface area contributed by atoms with E-state index in [0.717, 1.165) is 6.92 Å². The summed E-state index contributed by atoms with van der Waals surface area (Å²) in [4.78, 5) is 31.6. The Labute approximate surface area is 133 Å². The summed E-state index contributed by atoms with van der Waals surface area (Å²) < 4.78 is 30.2. The van der Waals surface area contributed by atoms with Crippen LogP contribution >= 0.6 is 7.82 Å². The Hall–Kier alpha value is -1.03. The molecule has 0 aromatic heterocycles. The first-order valence-corrected chi connectivity index (χ1v) is 8.43. The summed E-state index contributed by atoms with van der Waals surface area (Å²) >= 11 is 0. The number of rotatable bonds is 12. The molecule has 0 heterocycles. The van der Waals surface area contributed by atoms with Gasteiger partial charge in [-0.25, -0.2) is 4.57 Å². The molecule has 0 aliphatic carbocycles. The second-order valence-corrected chi connectivity index (χ2v) is 6.01. The summed E-state index contributed by atoms with van der Waals surface area (Å²) in [5.74, 6) is -1.19. The second kappa shape index (κ2) is 11.5. The molecule has 3 atom stereocenters. The SMILES string of the molecule is CCCC(=O)OC[C@H](COP(=O)(O)OC[C@@H](O)CO)OC(C)=O. The average Bonchev–Trinajstić information content (AvgIpc) is 2.47. The first-order chi connectivity index (χ1) is 10.7. The highest BCUT2D eigenvalue weighted by molar-refractivity contribution is 7.47. The first-order valence-electron chi connectivity index (χ1n) is 6.93. The van der Waals surface area contributed by atoms with Crippen LogP contribution in [0.25, 0.3) is 0 Å². The summed E-state index contributed by atoms with van der Waals surface area (Å²) in [5, 5.41) is 17.6. The first kappa shape index (κ1) is 22.0. The molecule has 0 aliphatic heterocycles. The van der Waals surface area contributed by atoms with Crippen LogP contribution in [0.4, 0.5) is 0 Å². The average molecular weight is 358 g/mol. The summed E-state index contributed by atoms with van der Waals surface area (Å²) in [6, 6.07) is 0. The predicted molar refractivity (Wildman–Crippen MR) is 76.2 cm³/mol. The van der Waals surface area contributed by atoms with Crippen molar-refractivity contribution >= 4 is 19.8 Å². The number of phosphoric acid groups is 1. The Kier molecular flexibility index (Phi) is 11.0. The fourth-order valence-corrected chi connectivity index (χ4v) is 2.05. The van der Waals surface area contributed by atoms with Gasteiger partial charge in [-0.3, -0.25) is 18.6 Å². The maximum Gasteiger partial charge on any atom is 0.472 e. The molecule has 136 valence electrons. The van der Waals surface area contributed by atoms with Gasteiger partial charge in [-0.2, -0.15) is 0 Å². The minimum absolute atomic E-state index is 0.189. The maximum atomic E-state index is 11.5. The molecule has 0 spiro atoms. The highest BCUT2D eigenvalue weighted by Gasteiger charge is 2.26. The predicted octanol–water partition coefficient (Wildman–Crippen LogP) is -0.252. The van der Waals surface area contributed by atoms with Crippen LogP contribution in [0.5, 0.6) is 0 Å². The Balaban J connectivity index is 4.38. The lowest BCUT2D eigenvalue weighted by atomic mass is 10.3. The van der Waals surface area contributed by atoms with Gasteiger partial charge < -0.3 is 24.6 Å². The van der Waals surface area contributed by atoms with Gasteiger partial charge in [0.05, 0.1) is 19.8 Å². The van der Waals surface area contributed by atoms with Gasteiger partial charge in [-0.15, -0.1) is 0 Å². The van der Waals surface area contributed by atoms with Gasteiger partial charge in [0.25, 0.3) is 0 Å². The topological polar surface area (TPSA) is 149 Å². The van der Waals surface area contributed by atoms with E-state index in [1.807, 2.05) is 0 Å². The van der Waals surface area contributed by atoms with E-state index in [0.29, 0.717) is 6.42 Å². The van der Waals surface area contributed by atoms with Crippen molar-refractivity contribution in [3.05, 3.63) is 0 Å². The van der Waals surface area contributed by atoms with Crippen LogP contribution in [0, 0.1) is 0 Å². The fourth-order valence-electron chi connectivity index (χ4n) is 1.26. The molecule has 0 rings (SSSR count). The van der Waals surface area contributed by atoms with Crippen molar-refractivity contribution in [2.75, 3.05) is 26.4 Å². The molecule has 0 saturated carbocycles. The van der Waals surface area contributed by atoms with E-state index in [-0.39, 0.29) is 13.0 Å². The largest absolute Gasteiger partial charge is 0.472 e. The Morgan fingerprint density at radius 2 is 1.78 bits per heavy atom. The number of ether oxygens (including phenoxy) is 2. The van der Waals surface area contributed by atoms with Crippen molar-refractivity contribution < 1.29 is 47.8 Å². The minimum Gasteiger partial charge on any atom is -0.462 e. The van der Waals surface area contributed by atoms with Crippen LogP contribution in [-0.2, 0) is 32.7 Å². The third-order valence-corrected chi connectivity index (χ3v) is 3.23.